The van der Waals surface area contributed by atoms with Crippen molar-refractivity contribution in [2.45, 2.75) is 44.8 Å². The molecule has 5 nitrogen and oxygen atoms in total. The Kier molecular flexibility index (Phi) is 4.84. The molecule has 2 fully saturated rings. The molecule has 1 saturated carbocycles. The summed E-state index contributed by atoms with van der Waals surface area (Å²) < 4.78 is 5.44. The van der Waals surface area contributed by atoms with E-state index in [1.54, 1.807) is 4.90 Å². The van der Waals surface area contributed by atoms with Crippen LogP contribution in [0, 0.1) is 11.8 Å². The van der Waals surface area contributed by atoms with Crippen LogP contribution < -0.4 is 0 Å². The molecule has 1 saturated heterocycles. The maximum atomic E-state index is 12.5. The van der Waals surface area contributed by atoms with Gasteiger partial charge in [0.25, 0.3) is 0 Å². The zero-order valence-corrected chi connectivity index (χ0v) is 13.2. The number of carboxylic acid groups (broad SMARTS) is 1. The number of benzene rings is 1. The van der Waals surface area contributed by atoms with Crippen LogP contribution in [0.15, 0.2) is 30.3 Å². The van der Waals surface area contributed by atoms with Crippen LogP contribution in [0.5, 0.6) is 0 Å². The lowest BCUT2D eigenvalue weighted by atomic mass is 9.75. The highest BCUT2D eigenvalue weighted by Crippen LogP contribution is 2.38. The predicted octanol–water partition coefficient (Wildman–Crippen LogP) is 3.29. The molecule has 1 aromatic carbocycles. The molecule has 1 aromatic rings. The fourth-order valence-corrected chi connectivity index (χ4v) is 3.88. The number of nitrogens with zero attached hydrogens (tertiary/aromatic N) is 1. The molecule has 1 aliphatic carbocycles. The summed E-state index contributed by atoms with van der Waals surface area (Å²) >= 11 is 0. The van der Waals surface area contributed by atoms with Gasteiger partial charge in [0.15, 0.2) is 0 Å². The van der Waals surface area contributed by atoms with Crippen molar-refractivity contribution in [1.29, 1.82) is 0 Å². The van der Waals surface area contributed by atoms with Gasteiger partial charge in [0, 0.05) is 12.6 Å². The number of amides is 1. The Hall–Kier alpha value is -2.04. The molecule has 2 aliphatic rings. The van der Waals surface area contributed by atoms with E-state index in [1.807, 2.05) is 30.3 Å². The lowest BCUT2D eigenvalue weighted by molar-refractivity contribution is -0.145. The smallest absolute Gasteiger partial charge is 0.410 e. The average molecular weight is 317 g/mol. The molecule has 0 radical (unpaired) electrons. The highest BCUT2D eigenvalue weighted by Gasteiger charge is 2.42. The summed E-state index contributed by atoms with van der Waals surface area (Å²) in [6, 6.07) is 9.69. The van der Waals surface area contributed by atoms with E-state index in [0.717, 1.165) is 31.2 Å². The van der Waals surface area contributed by atoms with E-state index < -0.39 is 11.9 Å². The second-order valence-corrected chi connectivity index (χ2v) is 6.58. The fourth-order valence-electron chi connectivity index (χ4n) is 3.88. The number of fused-ring (bicyclic) bond motifs is 1. The van der Waals surface area contributed by atoms with Crippen molar-refractivity contribution in [3.8, 4) is 0 Å². The Morgan fingerprint density at radius 1 is 1.17 bits per heavy atom. The second kappa shape index (κ2) is 7.02. The predicted molar refractivity (Wildman–Crippen MR) is 84.8 cm³/mol. The number of rotatable bonds is 3. The summed E-state index contributed by atoms with van der Waals surface area (Å²) in [4.78, 5) is 25.6. The van der Waals surface area contributed by atoms with Crippen LogP contribution in [0.25, 0.3) is 0 Å². The highest BCUT2D eigenvalue weighted by atomic mass is 16.6. The van der Waals surface area contributed by atoms with Gasteiger partial charge in [0.1, 0.15) is 6.61 Å². The first-order valence-corrected chi connectivity index (χ1v) is 8.35. The third kappa shape index (κ3) is 3.66. The minimum Gasteiger partial charge on any atom is -0.481 e. The molecular weight excluding hydrogens is 294 g/mol. The molecule has 0 aromatic heterocycles. The summed E-state index contributed by atoms with van der Waals surface area (Å²) in [6.45, 7) is 0.495. The molecule has 1 amide bonds. The van der Waals surface area contributed by atoms with E-state index in [1.165, 1.54) is 0 Å². The number of hydrogen-bond acceptors (Lipinski definition) is 3. The molecule has 23 heavy (non-hydrogen) atoms. The third-order valence-corrected chi connectivity index (χ3v) is 5.06. The lowest BCUT2D eigenvalue weighted by Gasteiger charge is -2.45. The minimum absolute atomic E-state index is 0.141. The molecule has 0 bridgehead atoms. The van der Waals surface area contributed by atoms with Crippen molar-refractivity contribution in [3.63, 3.8) is 0 Å². The quantitative estimate of drug-likeness (QED) is 0.929. The molecular formula is C18H23NO4. The summed E-state index contributed by atoms with van der Waals surface area (Å²) in [5.74, 6) is -0.989. The molecule has 0 spiro atoms. The van der Waals surface area contributed by atoms with Gasteiger partial charge in [-0.1, -0.05) is 43.2 Å². The second-order valence-electron chi connectivity index (χ2n) is 6.58. The van der Waals surface area contributed by atoms with Crippen molar-refractivity contribution < 1.29 is 19.4 Å². The number of carboxylic acids is 1. The van der Waals surface area contributed by atoms with E-state index in [0.29, 0.717) is 12.3 Å². The van der Waals surface area contributed by atoms with E-state index in [4.69, 9.17) is 4.74 Å². The zero-order chi connectivity index (χ0) is 16.2. The van der Waals surface area contributed by atoms with E-state index in [2.05, 4.69) is 0 Å². The summed E-state index contributed by atoms with van der Waals surface area (Å²) in [5, 5.41) is 9.36. The number of piperidine rings is 1. The first-order valence-electron chi connectivity index (χ1n) is 8.35. The van der Waals surface area contributed by atoms with Gasteiger partial charge in [-0.3, -0.25) is 4.79 Å². The minimum atomic E-state index is -0.810. The van der Waals surface area contributed by atoms with Gasteiger partial charge < -0.3 is 14.7 Å². The van der Waals surface area contributed by atoms with Gasteiger partial charge in [-0.05, 0) is 30.7 Å². The van der Waals surface area contributed by atoms with Gasteiger partial charge in [-0.25, -0.2) is 4.79 Å². The Bertz CT molecular complexity index is 559. The molecule has 5 heteroatoms. The maximum absolute atomic E-state index is 12.5. The van der Waals surface area contributed by atoms with E-state index in [9.17, 15) is 14.7 Å². The number of ether oxygens (including phenoxy) is 1. The van der Waals surface area contributed by atoms with Gasteiger partial charge in [0.2, 0.25) is 0 Å². The molecule has 3 atom stereocenters. The largest absolute Gasteiger partial charge is 0.481 e. The van der Waals surface area contributed by atoms with Crippen molar-refractivity contribution in [3.05, 3.63) is 35.9 Å². The number of likely N-dealkylation sites (tertiary alicyclic amines) is 1. The van der Waals surface area contributed by atoms with Crippen molar-refractivity contribution in [1.82, 2.24) is 4.90 Å². The van der Waals surface area contributed by atoms with Crippen LogP contribution in [0.4, 0.5) is 4.79 Å². The normalized spacial score (nSPS) is 27.1. The third-order valence-electron chi connectivity index (χ3n) is 5.06. The first kappa shape index (κ1) is 15.8. The number of aliphatic carboxylic acids is 1. The van der Waals surface area contributed by atoms with Crippen LogP contribution in [0.3, 0.4) is 0 Å². The van der Waals surface area contributed by atoms with Crippen LogP contribution in [-0.4, -0.2) is 34.7 Å². The van der Waals surface area contributed by atoms with Crippen LogP contribution in [-0.2, 0) is 16.1 Å². The summed E-state index contributed by atoms with van der Waals surface area (Å²) in [7, 11) is 0. The van der Waals surface area contributed by atoms with Gasteiger partial charge in [-0.15, -0.1) is 0 Å². The Balaban J connectivity index is 1.67. The monoisotopic (exact) mass is 317 g/mol. The van der Waals surface area contributed by atoms with Crippen molar-refractivity contribution in [2.24, 2.45) is 11.8 Å². The molecule has 1 heterocycles. The Labute approximate surface area is 136 Å². The number of carbonyl (C=O) groups is 2. The number of hydrogen-bond donors (Lipinski definition) is 1. The van der Waals surface area contributed by atoms with Crippen molar-refractivity contribution >= 4 is 12.1 Å². The average Bonchev–Trinajstić information content (AvgIpc) is 2.59. The van der Waals surface area contributed by atoms with Gasteiger partial charge in [-0.2, -0.15) is 0 Å². The van der Waals surface area contributed by atoms with Crippen LogP contribution in [0.1, 0.15) is 37.7 Å². The molecule has 1 N–H and O–H groups in total. The molecule has 3 rings (SSSR count). The first-order chi connectivity index (χ1) is 11.1. The summed E-state index contributed by atoms with van der Waals surface area (Å²) in [6.07, 6.45) is 4.50. The van der Waals surface area contributed by atoms with Gasteiger partial charge in [0.05, 0.1) is 5.92 Å². The zero-order valence-electron chi connectivity index (χ0n) is 13.2. The lowest BCUT2D eigenvalue weighted by Crippen LogP contribution is -2.54. The molecule has 1 aliphatic heterocycles. The SMILES string of the molecule is O=C(O)C1CC2CCCCC2N(C(=O)OCc2ccccc2)C1. The standard InChI is InChI=1S/C18H23NO4/c20-17(21)15-10-14-8-4-5-9-16(14)19(11-15)18(22)23-12-13-6-2-1-3-7-13/h1-3,6-7,14-16H,4-5,8-12H2,(H,20,21). The maximum Gasteiger partial charge on any atom is 0.410 e. The van der Waals surface area contributed by atoms with Crippen molar-refractivity contribution in [2.75, 3.05) is 6.54 Å². The molecule has 124 valence electrons. The van der Waals surface area contributed by atoms with E-state index >= 15 is 0 Å². The topological polar surface area (TPSA) is 66.8 Å². The highest BCUT2D eigenvalue weighted by molar-refractivity contribution is 5.73. The van der Waals surface area contributed by atoms with Crippen LogP contribution >= 0.6 is 0 Å². The van der Waals surface area contributed by atoms with E-state index in [-0.39, 0.29) is 25.3 Å². The Morgan fingerprint density at radius 2 is 1.91 bits per heavy atom. The Morgan fingerprint density at radius 3 is 2.65 bits per heavy atom. The number of carbonyl (C=O) groups excluding carboxylic acids is 1. The van der Waals surface area contributed by atoms with Gasteiger partial charge >= 0.3 is 12.1 Å². The van der Waals surface area contributed by atoms with Crippen LogP contribution in [0.2, 0.25) is 0 Å². The molecule has 3 unspecified atom stereocenters. The fraction of sp³-hybridized carbons (Fsp3) is 0.556. The summed E-state index contributed by atoms with van der Waals surface area (Å²) in [5.41, 5.74) is 0.938.